The van der Waals surface area contributed by atoms with Gasteiger partial charge in [-0.1, -0.05) is 6.08 Å². The number of nitrogens with one attached hydrogen (secondary N) is 1. The molecule has 2 heterocycles. The van der Waals surface area contributed by atoms with Gasteiger partial charge in [0.05, 0.1) is 19.4 Å². The molecule has 2 rings (SSSR count). The molecule has 3 heteroatoms. The summed E-state index contributed by atoms with van der Waals surface area (Å²) in [5, 5.41) is 3.43. The van der Waals surface area contributed by atoms with Crippen LogP contribution in [0.1, 0.15) is 6.92 Å². The third-order valence-electron chi connectivity index (χ3n) is 2.45. The third kappa shape index (κ3) is 2.11. The molecule has 2 aliphatic rings. The Labute approximate surface area is 79.1 Å². The third-order valence-corrected chi connectivity index (χ3v) is 2.45. The second kappa shape index (κ2) is 3.94. The first-order valence-electron chi connectivity index (χ1n) is 4.80. The number of hydrogen-bond donors (Lipinski definition) is 1. The van der Waals surface area contributed by atoms with E-state index in [-0.39, 0.29) is 0 Å². The average molecular weight is 180 g/mol. The van der Waals surface area contributed by atoms with E-state index in [1.807, 2.05) is 0 Å². The van der Waals surface area contributed by atoms with Gasteiger partial charge in [0.1, 0.15) is 0 Å². The summed E-state index contributed by atoms with van der Waals surface area (Å²) in [6.07, 6.45) is 6.77. The summed E-state index contributed by atoms with van der Waals surface area (Å²) in [5.41, 5.74) is 1.24. The van der Waals surface area contributed by atoms with E-state index in [0.717, 1.165) is 26.3 Å². The molecule has 1 N–H and O–H groups in total. The molecule has 3 nitrogen and oxygen atoms in total. The molecule has 0 radical (unpaired) electrons. The summed E-state index contributed by atoms with van der Waals surface area (Å²) < 4.78 is 5.31. The Balaban J connectivity index is 1.93. The fraction of sp³-hybridized carbons (Fsp3) is 0.600. The Hall–Kier alpha value is -0.800. The van der Waals surface area contributed by atoms with E-state index in [0.29, 0.717) is 6.17 Å². The zero-order valence-corrected chi connectivity index (χ0v) is 7.99. The molecule has 1 fully saturated rings. The van der Waals surface area contributed by atoms with Crippen molar-refractivity contribution in [2.45, 2.75) is 13.1 Å². The van der Waals surface area contributed by atoms with Crippen molar-refractivity contribution in [3.05, 3.63) is 23.9 Å². The first-order chi connectivity index (χ1) is 6.36. The average Bonchev–Trinajstić information content (AvgIpc) is 2.19. The quantitative estimate of drug-likeness (QED) is 0.643. The van der Waals surface area contributed by atoms with Gasteiger partial charge in [0, 0.05) is 18.8 Å². The molecule has 1 saturated heterocycles. The van der Waals surface area contributed by atoms with Crippen molar-refractivity contribution in [1.82, 2.24) is 10.2 Å². The van der Waals surface area contributed by atoms with Gasteiger partial charge in [0.2, 0.25) is 0 Å². The van der Waals surface area contributed by atoms with E-state index >= 15 is 0 Å². The van der Waals surface area contributed by atoms with Crippen LogP contribution >= 0.6 is 0 Å². The van der Waals surface area contributed by atoms with Gasteiger partial charge >= 0.3 is 0 Å². The largest absolute Gasteiger partial charge is 0.379 e. The highest BCUT2D eigenvalue weighted by Gasteiger charge is 2.19. The molecule has 0 spiro atoms. The van der Waals surface area contributed by atoms with E-state index in [4.69, 9.17) is 4.74 Å². The van der Waals surface area contributed by atoms with Crippen LogP contribution in [-0.2, 0) is 4.74 Å². The molecule has 1 unspecified atom stereocenters. The smallest absolute Gasteiger partial charge is 0.0988 e. The summed E-state index contributed by atoms with van der Waals surface area (Å²) in [5.74, 6) is 0. The summed E-state index contributed by atoms with van der Waals surface area (Å²) in [4.78, 5) is 2.40. The van der Waals surface area contributed by atoms with Crippen LogP contribution < -0.4 is 5.32 Å². The maximum absolute atomic E-state index is 5.31. The summed E-state index contributed by atoms with van der Waals surface area (Å²) in [7, 11) is 0. The predicted molar refractivity (Wildman–Crippen MR) is 52.2 cm³/mol. The minimum atomic E-state index is 0.369. The van der Waals surface area contributed by atoms with Crippen molar-refractivity contribution in [2.24, 2.45) is 0 Å². The monoisotopic (exact) mass is 180 g/mol. The van der Waals surface area contributed by atoms with Crippen LogP contribution in [0.15, 0.2) is 23.9 Å². The number of dihydropyridines is 1. The molecule has 0 aromatic heterocycles. The van der Waals surface area contributed by atoms with Gasteiger partial charge in [-0.2, -0.15) is 0 Å². The second-order valence-corrected chi connectivity index (χ2v) is 3.47. The highest BCUT2D eigenvalue weighted by atomic mass is 16.5. The lowest BCUT2D eigenvalue weighted by molar-refractivity contribution is 0.0211. The normalized spacial score (nSPS) is 29.6. The summed E-state index contributed by atoms with van der Waals surface area (Å²) >= 11 is 0. The van der Waals surface area contributed by atoms with Gasteiger partial charge in [-0.25, -0.2) is 0 Å². The molecular weight excluding hydrogens is 164 g/mol. The minimum absolute atomic E-state index is 0.369. The number of morpholine rings is 1. The molecule has 0 aliphatic carbocycles. The Kier molecular flexibility index (Phi) is 2.66. The SMILES string of the molecule is CC1=CC=CC(N2CCOCC2)N1. The van der Waals surface area contributed by atoms with Gasteiger partial charge in [-0.3, -0.25) is 4.90 Å². The molecule has 72 valence electrons. The fourth-order valence-corrected chi connectivity index (χ4v) is 1.70. The van der Waals surface area contributed by atoms with Crippen molar-refractivity contribution >= 4 is 0 Å². The molecular formula is C10H16N2O. The highest BCUT2D eigenvalue weighted by Crippen LogP contribution is 2.08. The van der Waals surface area contributed by atoms with Gasteiger partial charge in [-0.15, -0.1) is 0 Å². The van der Waals surface area contributed by atoms with E-state index in [1.54, 1.807) is 0 Å². The zero-order valence-electron chi connectivity index (χ0n) is 7.99. The summed E-state index contributed by atoms with van der Waals surface area (Å²) in [6.45, 7) is 5.85. The molecule has 0 aromatic rings. The van der Waals surface area contributed by atoms with Crippen LogP contribution in [0.3, 0.4) is 0 Å². The standard InChI is InChI=1S/C10H16N2O/c1-9-3-2-4-10(11-9)12-5-7-13-8-6-12/h2-4,10-11H,5-8H2,1H3. The maximum atomic E-state index is 5.31. The van der Waals surface area contributed by atoms with Crippen LogP contribution in [0.5, 0.6) is 0 Å². The van der Waals surface area contributed by atoms with Crippen molar-refractivity contribution in [3.63, 3.8) is 0 Å². The molecule has 0 saturated carbocycles. The lowest BCUT2D eigenvalue weighted by atomic mass is 10.2. The van der Waals surface area contributed by atoms with Crippen LogP contribution in [0.25, 0.3) is 0 Å². The fourth-order valence-electron chi connectivity index (χ4n) is 1.70. The van der Waals surface area contributed by atoms with Crippen LogP contribution in [0.2, 0.25) is 0 Å². The first-order valence-corrected chi connectivity index (χ1v) is 4.80. The maximum Gasteiger partial charge on any atom is 0.0988 e. The molecule has 0 bridgehead atoms. The van der Waals surface area contributed by atoms with E-state index in [1.165, 1.54) is 5.70 Å². The Morgan fingerprint density at radius 3 is 2.92 bits per heavy atom. The lowest BCUT2D eigenvalue weighted by Crippen LogP contribution is -2.49. The van der Waals surface area contributed by atoms with Gasteiger partial charge in [0.15, 0.2) is 0 Å². The van der Waals surface area contributed by atoms with Crippen LogP contribution in [0.4, 0.5) is 0 Å². The topological polar surface area (TPSA) is 24.5 Å². The molecule has 2 aliphatic heterocycles. The van der Waals surface area contributed by atoms with Crippen molar-refractivity contribution in [1.29, 1.82) is 0 Å². The van der Waals surface area contributed by atoms with Crippen molar-refractivity contribution < 1.29 is 4.74 Å². The number of ether oxygens (including phenoxy) is 1. The number of hydrogen-bond acceptors (Lipinski definition) is 3. The van der Waals surface area contributed by atoms with Crippen molar-refractivity contribution in [3.8, 4) is 0 Å². The lowest BCUT2D eigenvalue weighted by Gasteiger charge is -2.34. The van der Waals surface area contributed by atoms with Gasteiger partial charge in [-0.05, 0) is 19.1 Å². The zero-order chi connectivity index (χ0) is 9.10. The number of nitrogens with zero attached hydrogens (tertiary/aromatic N) is 1. The van der Waals surface area contributed by atoms with E-state index in [9.17, 15) is 0 Å². The number of allylic oxidation sites excluding steroid dienone is 3. The molecule has 0 amide bonds. The first kappa shape index (κ1) is 8.78. The van der Waals surface area contributed by atoms with E-state index < -0.39 is 0 Å². The molecule has 1 atom stereocenters. The van der Waals surface area contributed by atoms with Crippen molar-refractivity contribution in [2.75, 3.05) is 26.3 Å². The van der Waals surface area contributed by atoms with E-state index in [2.05, 4.69) is 35.4 Å². The molecule has 13 heavy (non-hydrogen) atoms. The Morgan fingerprint density at radius 2 is 2.23 bits per heavy atom. The second-order valence-electron chi connectivity index (χ2n) is 3.47. The summed E-state index contributed by atoms with van der Waals surface area (Å²) in [6, 6.07) is 0. The van der Waals surface area contributed by atoms with Gasteiger partial charge in [0.25, 0.3) is 0 Å². The molecule has 0 aromatic carbocycles. The highest BCUT2D eigenvalue weighted by molar-refractivity contribution is 5.18. The van der Waals surface area contributed by atoms with Gasteiger partial charge < -0.3 is 10.1 Å². The number of rotatable bonds is 1. The predicted octanol–water partition coefficient (Wildman–Crippen LogP) is 0.708. The van der Waals surface area contributed by atoms with Crippen LogP contribution in [-0.4, -0.2) is 37.4 Å². The minimum Gasteiger partial charge on any atom is -0.379 e. The van der Waals surface area contributed by atoms with Crippen LogP contribution in [0, 0.1) is 0 Å². The Morgan fingerprint density at radius 1 is 1.46 bits per heavy atom. The Bertz CT molecular complexity index is 229.